The maximum absolute atomic E-state index is 12.0. The van der Waals surface area contributed by atoms with Gasteiger partial charge in [0, 0.05) is 29.6 Å². The highest BCUT2D eigenvalue weighted by molar-refractivity contribution is 6.33. The summed E-state index contributed by atoms with van der Waals surface area (Å²) in [6.07, 6.45) is 1.87. The zero-order chi connectivity index (χ0) is 20.9. The SMILES string of the molecule is Cc1cccc(-c2c(Cl)cccc2C(O)(CCCNC(=O)O)[C@@H]2CCCNC2)c1. The third kappa shape index (κ3) is 5.10. The van der Waals surface area contributed by atoms with Crippen molar-refractivity contribution in [3.8, 4) is 11.1 Å². The lowest BCUT2D eigenvalue weighted by atomic mass is 9.72. The molecule has 0 bridgehead atoms. The largest absolute Gasteiger partial charge is 0.465 e. The van der Waals surface area contributed by atoms with Gasteiger partial charge in [0.25, 0.3) is 0 Å². The first kappa shape index (κ1) is 21.6. The van der Waals surface area contributed by atoms with Gasteiger partial charge >= 0.3 is 6.09 Å². The van der Waals surface area contributed by atoms with Crippen LogP contribution in [0.2, 0.25) is 5.02 Å². The van der Waals surface area contributed by atoms with Gasteiger partial charge in [0.15, 0.2) is 0 Å². The van der Waals surface area contributed by atoms with E-state index in [1.54, 1.807) is 0 Å². The number of benzene rings is 2. The fraction of sp³-hybridized carbons (Fsp3) is 0.435. The molecule has 1 fully saturated rings. The third-order valence-electron chi connectivity index (χ3n) is 5.77. The van der Waals surface area contributed by atoms with Crippen molar-refractivity contribution >= 4 is 17.7 Å². The summed E-state index contributed by atoms with van der Waals surface area (Å²) in [5.74, 6) is 0.0307. The molecule has 5 nitrogen and oxygen atoms in total. The zero-order valence-corrected chi connectivity index (χ0v) is 17.5. The highest BCUT2D eigenvalue weighted by Crippen LogP contribution is 2.44. The highest BCUT2D eigenvalue weighted by atomic mass is 35.5. The Hall–Kier alpha value is -2.08. The van der Waals surface area contributed by atoms with Gasteiger partial charge in [-0.15, -0.1) is 0 Å². The molecule has 0 aliphatic carbocycles. The molecule has 0 radical (unpaired) electrons. The molecule has 29 heavy (non-hydrogen) atoms. The average Bonchev–Trinajstić information content (AvgIpc) is 2.71. The van der Waals surface area contributed by atoms with Crippen molar-refractivity contribution in [3.05, 3.63) is 58.6 Å². The molecule has 6 heteroatoms. The zero-order valence-electron chi connectivity index (χ0n) is 16.7. The van der Waals surface area contributed by atoms with Gasteiger partial charge in [-0.2, -0.15) is 0 Å². The second-order valence-corrected chi connectivity index (χ2v) is 8.24. The highest BCUT2D eigenvalue weighted by Gasteiger charge is 2.40. The second-order valence-electron chi connectivity index (χ2n) is 7.83. The van der Waals surface area contributed by atoms with Crippen LogP contribution in [0.4, 0.5) is 4.79 Å². The van der Waals surface area contributed by atoms with Crippen LogP contribution in [0.1, 0.15) is 36.8 Å². The normalized spacial score (nSPS) is 18.8. The van der Waals surface area contributed by atoms with E-state index in [9.17, 15) is 9.90 Å². The monoisotopic (exact) mass is 416 g/mol. The molecule has 156 valence electrons. The van der Waals surface area contributed by atoms with Crippen LogP contribution in [-0.4, -0.2) is 35.9 Å². The van der Waals surface area contributed by atoms with Crippen molar-refractivity contribution in [2.45, 2.75) is 38.2 Å². The van der Waals surface area contributed by atoms with Crippen LogP contribution in [0, 0.1) is 12.8 Å². The Balaban J connectivity index is 2.03. The van der Waals surface area contributed by atoms with E-state index in [0.717, 1.165) is 48.2 Å². The summed E-state index contributed by atoms with van der Waals surface area (Å²) in [6.45, 7) is 4.02. The Bertz CT molecular complexity index is 852. The predicted octanol–water partition coefficient (Wildman–Crippen LogP) is 4.55. The van der Waals surface area contributed by atoms with E-state index >= 15 is 0 Å². The van der Waals surface area contributed by atoms with Crippen LogP contribution in [-0.2, 0) is 5.60 Å². The summed E-state index contributed by atoms with van der Waals surface area (Å²) in [5.41, 5.74) is 2.69. The number of aryl methyl sites for hydroxylation is 1. The van der Waals surface area contributed by atoms with Crippen LogP contribution in [0.15, 0.2) is 42.5 Å². The molecule has 1 saturated heterocycles. The summed E-state index contributed by atoms with van der Waals surface area (Å²) in [5, 5.41) is 27.3. The molecule has 1 aliphatic heterocycles. The third-order valence-corrected chi connectivity index (χ3v) is 6.08. The molecule has 0 aromatic heterocycles. The van der Waals surface area contributed by atoms with E-state index in [2.05, 4.69) is 16.7 Å². The molecule has 4 N–H and O–H groups in total. The standard InChI is InChI=1S/C23H29ClN2O3/c1-16-6-2-7-17(14-16)21-19(9-3-10-20(21)24)23(29,11-5-13-26-22(27)28)18-8-4-12-25-15-18/h2-3,6-7,9-10,14,18,25-26,29H,4-5,8,11-13,15H2,1H3,(H,27,28)/t18-,23?/m1/s1. The molecule has 1 aliphatic rings. The molecule has 0 saturated carbocycles. The fourth-order valence-electron chi connectivity index (χ4n) is 4.35. The molecule has 2 aromatic carbocycles. The fourth-order valence-corrected chi connectivity index (χ4v) is 4.63. The lowest BCUT2D eigenvalue weighted by molar-refractivity contribution is -0.0415. The first-order valence-electron chi connectivity index (χ1n) is 10.2. The van der Waals surface area contributed by atoms with Crippen molar-refractivity contribution in [1.82, 2.24) is 10.6 Å². The van der Waals surface area contributed by atoms with Gasteiger partial charge in [0.05, 0.1) is 5.60 Å². The second kappa shape index (κ2) is 9.61. The quantitative estimate of drug-likeness (QED) is 0.499. The van der Waals surface area contributed by atoms with Gasteiger partial charge in [-0.25, -0.2) is 4.79 Å². The minimum Gasteiger partial charge on any atom is -0.465 e. The van der Waals surface area contributed by atoms with Crippen molar-refractivity contribution < 1.29 is 15.0 Å². The Morgan fingerprint density at radius 2 is 2.10 bits per heavy atom. The number of rotatable bonds is 7. The number of hydrogen-bond acceptors (Lipinski definition) is 3. The summed E-state index contributed by atoms with van der Waals surface area (Å²) in [4.78, 5) is 10.8. The Morgan fingerprint density at radius 3 is 2.79 bits per heavy atom. The number of carbonyl (C=O) groups is 1. The van der Waals surface area contributed by atoms with E-state index in [-0.39, 0.29) is 5.92 Å². The molecule has 1 heterocycles. The maximum Gasteiger partial charge on any atom is 0.404 e. The number of aliphatic hydroxyl groups is 1. The Morgan fingerprint density at radius 1 is 1.31 bits per heavy atom. The Kier molecular flexibility index (Phi) is 7.17. The van der Waals surface area contributed by atoms with Gasteiger partial charge in [-0.05, 0) is 56.3 Å². The Labute approximate surface area is 177 Å². The summed E-state index contributed by atoms with van der Waals surface area (Å²) < 4.78 is 0. The van der Waals surface area contributed by atoms with Crippen molar-refractivity contribution in [2.24, 2.45) is 5.92 Å². The number of piperidine rings is 1. The smallest absolute Gasteiger partial charge is 0.404 e. The minimum atomic E-state index is -1.10. The molecule has 2 atom stereocenters. The van der Waals surface area contributed by atoms with Gasteiger partial charge in [-0.3, -0.25) is 0 Å². The van der Waals surface area contributed by atoms with Gasteiger partial charge in [0.2, 0.25) is 0 Å². The van der Waals surface area contributed by atoms with Crippen LogP contribution in [0.3, 0.4) is 0 Å². The van der Waals surface area contributed by atoms with Crippen molar-refractivity contribution in [3.63, 3.8) is 0 Å². The molecule has 2 aromatic rings. The predicted molar refractivity (Wildman–Crippen MR) is 116 cm³/mol. The maximum atomic E-state index is 12.0. The number of hydrogen-bond donors (Lipinski definition) is 4. The molecule has 1 unspecified atom stereocenters. The van der Waals surface area contributed by atoms with Crippen LogP contribution < -0.4 is 10.6 Å². The van der Waals surface area contributed by atoms with Gasteiger partial charge < -0.3 is 20.8 Å². The summed E-state index contributed by atoms with van der Waals surface area (Å²) >= 11 is 6.65. The topological polar surface area (TPSA) is 81.6 Å². The molecule has 0 spiro atoms. The summed E-state index contributed by atoms with van der Waals surface area (Å²) in [7, 11) is 0. The lowest BCUT2D eigenvalue weighted by Gasteiger charge is -2.40. The molecular weight excluding hydrogens is 388 g/mol. The first-order chi connectivity index (χ1) is 13.9. The molecular formula is C23H29ClN2O3. The number of nitrogens with one attached hydrogen (secondary N) is 2. The summed E-state index contributed by atoms with van der Waals surface area (Å²) in [6, 6.07) is 13.8. The minimum absolute atomic E-state index is 0.0307. The number of halogens is 1. The van der Waals surface area contributed by atoms with E-state index in [1.165, 1.54) is 0 Å². The first-order valence-corrected chi connectivity index (χ1v) is 10.6. The van der Waals surface area contributed by atoms with E-state index in [4.69, 9.17) is 16.7 Å². The van der Waals surface area contributed by atoms with E-state index in [0.29, 0.717) is 24.4 Å². The van der Waals surface area contributed by atoms with Crippen molar-refractivity contribution in [1.29, 1.82) is 0 Å². The molecule has 3 rings (SSSR count). The van der Waals surface area contributed by atoms with Crippen molar-refractivity contribution in [2.75, 3.05) is 19.6 Å². The number of carboxylic acid groups (broad SMARTS) is 1. The van der Waals surface area contributed by atoms with Gasteiger partial charge in [0.1, 0.15) is 0 Å². The average molecular weight is 417 g/mol. The van der Waals surface area contributed by atoms with E-state index in [1.807, 2.05) is 43.3 Å². The van der Waals surface area contributed by atoms with Crippen LogP contribution in [0.25, 0.3) is 11.1 Å². The lowest BCUT2D eigenvalue weighted by Crippen LogP contribution is -2.45. The number of amides is 1. The van der Waals surface area contributed by atoms with Crippen LogP contribution in [0.5, 0.6) is 0 Å². The van der Waals surface area contributed by atoms with E-state index < -0.39 is 11.7 Å². The van der Waals surface area contributed by atoms with Gasteiger partial charge in [-0.1, -0.05) is 53.6 Å². The molecule has 1 amide bonds. The van der Waals surface area contributed by atoms with Crippen LogP contribution >= 0.6 is 11.6 Å².